The molecule has 2 unspecified atom stereocenters. The molecule has 2 aromatic carbocycles. The van der Waals surface area contributed by atoms with E-state index in [1.165, 1.54) is 0 Å². The molecule has 2 amide bonds. The maximum atomic E-state index is 13.4. The van der Waals surface area contributed by atoms with E-state index in [2.05, 4.69) is 11.9 Å². The summed E-state index contributed by atoms with van der Waals surface area (Å²) in [6, 6.07) is 18.2. The van der Waals surface area contributed by atoms with Crippen molar-refractivity contribution in [1.82, 2.24) is 9.80 Å². The topological polar surface area (TPSA) is 53.1 Å². The van der Waals surface area contributed by atoms with Crippen molar-refractivity contribution in [2.75, 3.05) is 31.6 Å². The molecule has 176 valence electrons. The summed E-state index contributed by atoms with van der Waals surface area (Å²) in [7, 11) is 2.18. The predicted molar refractivity (Wildman–Crippen MR) is 130 cm³/mol. The van der Waals surface area contributed by atoms with E-state index in [4.69, 9.17) is 4.74 Å². The van der Waals surface area contributed by atoms with E-state index in [1.807, 2.05) is 71.3 Å². The first-order valence-corrected chi connectivity index (χ1v) is 12.1. The minimum atomic E-state index is -0.0307. The second kappa shape index (κ2) is 10.8. The third-order valence-corrected chi connectivity index (χ3v) is 7.05. The standard InChI is InChI=1S/C27H35N3O3/c1-3-26(31)30-17-16-22-11-9-12-23(28(22)2)19-29(18-21-10-7-8-15-25(21)30)27(32)20-33-24-13-5-4-6-14-24/h4-8,10,13-15,22-23H,3,9,11-12,16-20H2,1-2H3. The number of rotatable bonds is 4. The molecule has 0 spiro atoms. The summed E-state index contributed by atoms with van der Waals surface area (Å²) in [5.74, 6) is 0.789. The van der Waals surface area contributed by atoms with Crippen LogP contribution in [0.25, 0.3) is 0 Å². The first-order valence-electron chi connectivity index (χ1n) is 12.1. The summed E-state index contributed by atoms with van der Waals surface area (Å²) < 4.78 is 5.80. The van der Waals surface area contributed by atoms with Gasteiger partial charge in [0.15, 0.2) is 6.61 Å². The number of likely N-dealkylation sites (N-methyl/N-ethyl adjacent to an activating group) is 1. The highest BCUT2D eigenvalue weighted by Gasteiger charge is 2.32. The lowest BCUT2D eigenvalue weighted by molar-refractivity contribution is -0.135. The number of amides is 2. The van der Waals surface area contributed by atoms with Crippen molar-refractivity contribution >= 4 is 17.5 Å². The minimum Gasteiger partial charge on any atom is -0.484 e. The average Bonchev–Trinajstić information content (AvgIpc) is 2.86. The minimum absolute atomic E-state index is 0.00362. The Bertz CT molecular complexity index is 949. The Balaban J connectivity index is 1.64. The van der Waals surface area contributed by atoms with Crippen LogP contribution in [0.2, 0.25) is 0 Å². The van der Waals surface area contributed by atoms with Gasteiger partial charge in [-0.1, -0.05) is 49.7 Å². The Morgan fingerprint density at radius 2 is 1.67 bits per heavy atom. The number of hydrogen-bond acceptors (Lipinski definition) is 4. The molecule has 4 rings (SSSR count). The number of carbonyl (C=O) groups excluding carboxylic acids is 2. The third kappa shape index (κ3) is 5.56. The normalized spacial score (nSPS) is 21.6. The lowest BCUT2D eigenvalue weighted by Gasteiger charge is -2.41. The Labute approximate surface area is 197 Å². The molecule has 0 aliphatic carbocycles. The molecule has 2 atom stereocenters. The van der Waals surface area contributed by atoms with Gasteiger partial charge in [0.1, 0.15) is 5.75 Å². The molecule has 1 fully saturated rings. The number of benzene rings is 2. The second-order valence-corrected chi connectivity index (χ2v) is 9.10. The highest BCUT2D eigenvalue weighted by Crippen LogP contribution is 2.29. The quantitative estimate of drug-likeness (QED) is 0.705. The second-order valence-electron chi connectivity index (χ2n) is 9.10. The molecule has 0 saturated carbocycles. The van der Waals surface area contributed by atoms with Crippen LogP contribution in [0.5, 0.6) is 5.75 Å². The van der Waals surface area contributed by atoms with Crippen molar-refractivity contribution in [3.8, 4) is 5.75 Å². The summed E-state index contributed by atoms with van der Waals surface area (Å²) in [6.45, 7) is 3.76. The van der Waals surface area contributed by atoms with Crippen LogP contribution in [0.15, 0.2) is 54.6 Å². The van der Waals surface area contributed by atoms with E-state index in [0.29, 0.717) is 43.9 Å². The van der Waals surface area contributed by atoms with Crippen molar-refractivity contribution in [1.29, 1.82) is 0 Å². The van der Waals surface area contributed by atoms with E-state index < -0.39 is 0 Å². The number of para-hydroxylation sites is 2. The Hall–Kier alpha value is -2.86. The lowest BCUT2D eigenvalue weighted by Crippen LogP contribution is -2.51. The molecule has 6 heteroatoms. The van der Waals surface area contributed by atoms with Crippen LogP contribution in [0.1, 0.15) is 44.6 Å². The van der Waals surface area contributed by atoms with Crippen LogP contribution in [-0.2, 0) is 16.1 Å². The number of hydrogen-bond donors (Lipinski definition) is 0. The summed E-state index contributed by atoms with van der Waals surface area (Å²) >= 11 is 0. The molecule has 2 bridgehead atoms. The van der Waals surface area contributed by atoms with Crippen LogP contribution in [0, 0.1) is 0 Å². The molecule has 0 N–H and O–H groups in total. The van der Waals surface area contributed by atoms with Gasteiger partial charge < -0.3 is 14.5 Å². The molecular formula is C27H35N3O3. The number of nitrogens with zero attached hydrogens (tertiary/aromatic N) is 3. The van der Waals surface area contributed by atoms with Gasteiger partial charge in [0.2, 0.25) is 5.91 Å². The van der Waals surface area contributed by atoms with Gasteiger partial charge >= 0.3 is 0 Å². The molecule has 0 radical (unpaired) electrons. The zero-order valence-corrected chi connectivity index (χ0v) is 19.8. The average molecular weight is 450 g/mol. The number of ether oxygens (including phenoxy) is 1. The first kappa shape index (κ1) is 23.3. The zero-order valence-electron chi connectivity index (χ0n) is 19.8. The molecule has 0 aromatic heterocycles. The fourth-order valence-electron chi connectivity index (χ4n) is 5.09. The molecule has 2 aliphatic rings. The zero-order chi connectivity index (χ0) is 23.2. The van der Waals surface area contributed by atoms with Crippen LogP contribution >= 0.6 is 0 Å². The van der Waals surface area contributed by atoms with Gasteiger partial charge in [-0.25, -0.2) is 0 Å². The van der Waals surface area contributed by atoms with Crippen LogP contribution in [0.4, 0.5) is 5.69 Å². The van der Waals surface area contributed by atoms with Crippen LogP contribution in [0.3, 0.4) is 0 Å². The van der Waals surface area contributed by atoms with Gasteiger partial charge in [0.05, 0.1) is 0 Å². The van der Waals surface area contributed by atoms with Crippen molar-refractivity contribution < 1.29 is 14.3 Å². The Morgan fingerprint density at radius 3 is 2.45 bits per heavy atom. The Kier molecular flexibility index (Phi) is 7.65. The van der Waals surface area contributed by atoms with E-state index in [1.54, 1.807) is 0 Å². The van der Waals surface area contributed by atoms with Crippen molar-refractivity contribution in [2.45, 2.75) is 57.7 Å². The van der Waals surface area contributed by atoms with E-state index in [0.717, 1.165) is 36.9 Å². The monoisotopic (exact) mass is 449 g/mol. The predicted octanol–water partition coefficient (Wildman–Crippen LogP) is 4.09. The molecule has 1 saturated heterocycles. The molecular weight excluding hydrogens is 414 g/mol. The maximum absolute atomic E-state index is 13.4. The number of anilines is 1. The molecule has 2 aromatic rings. The molecule has 6 nitrogen and oxygen atoms in total. The number of carbonyl (C=O) groups is 2. The first-order chi connectivity index (χ1) is 16.1. The van der Waals surface area contributed by atoms with E-state index in [-0.39, 0.29) is 18.4 Å². The summed E-state index contributed by atoms with van der Waals surface area (Å²) in [5.41, 5.74) is 1.93. The maximum Gasteiger partial charge on any atom is 0.260 e. The Morgan fingerprint density at radius 1 is 0.939 bits per heavy atom. The van der Waals surface area contributed by atoms with Crippen molar-refractivity contribution in [3.05, 3.63) is 60.2 Å². The SMILES string of the molecule is CCC(=O)N1CCC2CCCC(CN(C(=O)COc3ccccc3)Cc3ccccc31)N2C. The van der Waals surface area contributed by atoms with Crippen molar-refractivity contribution in [3.63, 3.8) is 0 Å². The lowest BCUT2D eigenvalue weighted by atomic mass is 9.93. The van der Waals surface area contributed by atoms with Gasteiger partial charge in [-0.3, -0.25) is 14.5 Å². The highest BCUT2D eigenvalue weighted by molar-refractivity contribution is 5.94. The summed E-state index contributed by atoms with van der Waals surface area (Å²) in [5, 5.41) is 0. The van der Waals surface area contributed by atoms with E-state index >= 15 is 0 Å². The smallest absolute Gasteiger partial charge is 0.260 e. The highest BCUT2D eigenvalue weighted by atomic mass is 16.5. The molecule has 33 heavy (non-hydrogen) atoms. The van der Waals surface area contributed by atoms with Gasteiger partial charge in [0.25, 0.3) is 5.91 Å². The molecule has 2 heterocycles. The number of piperidine rings is 1. The van der Waals surface area contributed by atoms with Gasteiger partial charge in [-0.2, -0.15) is 0 Å². The van der Waals surface area contributed by atoms with Gasteiger partial charge in [-0.05, 0) is 50.1 Å². The van der Waals surface area contributed by atoms with Crippen LogP contribution in [-0.4, -0.2) is 60.4 Å². The van der Waals surface area contributed by atoms with Gasteiger partial charge in [-0.15, -0.1) is 0 Å². The molecule has 2 aliphatic heterocycles. The fraction of sp³-hybridized carbons (Fsp3) is 0.481. The summed E-state index contributed by atoms with van der Waals surface area (Å²) in [4.78, 5) is 32.6. The van der Waals surface area contributed by atoms with E-state index in [9.17, 15) is 9.59 Å². The third-order valence-electron chi connectivity index (χ3n) is 7.05. The number of fused-ring (bicyclic) bond motifs is 3. The largest absolute Gasteiger partial charge is 0.484 e. The van der Waals surface area contributed by atoms with Crippen LogP contribution < -0.4 is 9.64 Å². The van der Waals surface area contributed by atoms with Gasteiger partial charge in [0, 0.05) is 43.8 Å². The summed E-state index contributed by atoms with van der Waals surface area (Å²) in [6.07, 6.45) is 4.77. The van der Waals surface area contributed by atoms with Crippen molar-refractivity contribution in [2.24, 2.45) is 0 Å². The fourth-order valence-corrected chi connectivity index (χ4v) is 5.09.